The first kappa shape index (κ1) is 33.3. The average Bonchev–Trinajstić information content (AvgIpc) is 3.49. The van der Waals surface area contributed by atoms with Crippen molar-refractivity contribution in [1.82, 2.24) is 30.3 Å². The minimum atomic E-state index is -2.57. The summed E-state index contributed by atoms with van der Waals surface area (Å²) in [5, 5.41) is 20.3. The second-order valence-corrected chi connectivity index (χ2v) is 13.2. The molecule has 3 heterocycles. The van der Waals surface area contributed by atoms with E-state index >= 15 is 0 Å². The molecule has 11 heteroatoms. The lowest BCUT2D eigenvalue weighted by Gasteiger charge is -2.34. The van der Waals surface area contributed by atoms with E-state index < -0.39 is 5.92 Å². The Morgan fingerprint density at radius 1 is 1.15 bits per heavy atom. The first-order chi connectivity index (χ1) is 23.1. The summed E-state index contributed by atoms with van der Waals surface area (Å²) in [4.78, 5) is 19.2. The Morgan fingerprint density at radius 2 is 1.94 bits per heavy atom. The zero-order chi connectivity index (χ0) is 33.8. The number of nitrogens with one attached hydrogen (secondary N) is 4. The molecule has 2 aromatic heterocycles. The van der Waals surface area contributed by atoms with Crippen molar-refractivity contribution in [1.29, 1.82) is 0 Å². The lowest BCUT2D eigenvalue weighted by molar-refractivity contribution is -0.111. The number of hydrogen-bond donors (Lipinski definition) is 4. The molecule has 1 unspecified atom stereocenters. The molecule has 1 aliphatic heterocycles. The minimum absolute atomic E-state index is 0.00290. The lowest BCUT2D eigenvalue weighted by atomic mass is 9.92. The number of alkyl halides is 2. The molecule has 9 nitrogen and oxygen atoms in total. The second kappa shape index (κ2) is 14.2. The number of rotatable bonds is 11. The summed E-state index contributed by atoms with van der Waals surface area (Å²) in [7, 11) is 3.91. The molecule has 1 saturated carbocycles. The summed E-state index contributed by atoms with van der Waals surface area (Å²) in [6.07, 6.45) is 9.55. The maximum atomic E-state index is 13.8. The van der Waals surface area contributed by atoms with Gasteiger partial charge in [0.2, 0.25) is 11.8 Å². The Morgan fingerprint density at radius 3 is 2.71 bits per heavy atom. The average molecular weight is 655 g/mol. The van der Waals surface area contributed by atoms with Crippen molar-refractivity contribution in [3.8, 4) is 11.3 Å². The molecule has 6 rings (SSSR count). The zero-order valence-electron chi connectivity index (χ0n) is 27.9. The first-order valence-corrected chi connectivity index (χ1v) is 16.6. The van der Waals surface area contributed by atoms with Gasteiger partial charge >= 0.3 is 0 Å². The third-order valence-electron chi connectivity index (χ3n) is 8.90. The molecule has 2 aromatic carbocycles. The number of amides is 1. The van der Waals surface area contributed by atoms with Gasteiger partial charge in [-0.2, -0.15) is 5.10 Å². The SMILES string of the molecule is CC(C)c1cnn2c1NC(NC1CCC(F)(F)CC1)C=C2NCc1ccccc1-c1nccc2cc(NC(=O)/C=C/CN(C)C)ccc12. The van der Waals surface area contributed by atoms with Crippen LogP contribution >= 0.6 is 0 Å². The number of benzene rings is 2. The van der Waals surface area contributed by atoms with Crippen molar-refractivity contribution in [2.24, 2.45) is 0 Å². The summed E-state index contributed by atoms with van der Waals surface area (Å²) >= 11 is 0. The van der Waals surface area contributed by atoms with Crippen molar-refractivity contribution in [3.63, 3.8) is 0 Å². The molecule has 1 atom stereocenters. The van der Waals surface area contributed by atoms with Crippen LogP contribution in [0, 0.1) is 0 Å². The van der Waals surface area contributed by atoms with E-state index in [0.717, 1.165) is 44.8 Å². The van der Waals surface area contributed by atoms with Gasteiger partial charge in [0.15, 0.2) is 0 Å². The Labute approximate surface area is 280 Å². The largest absolute Gasteiger partial charge is 0.366 e. The topological polar surface area (TPSA) is 99.1 Å². The maximum absolute atomic E-state index is 13.8. The van der Waals surface area contributed by atoms with Gasteiger partial charge < -0.3 is 20.9 Å². The van der Waals surface area contributed by atoms with E-state index in [-0.39, 0.29) is 36.9 Å². The number of anilines is 2. The second-order valence-electron chi connectivity index (χ2n) is 13.2. The van der Waals surface area contributed by atoms with Gasteiger partial charge in [0.1, 0.15) is 17.8 Å². The summed E-state index contributed by atoms with van der Waals surface area (Å²) in [6, 6.07) is 16.0. The summed E-state index contributed by atoms with van der Waals surface area (Å²) in [6.45, 7) is 5.45. The van der Waals surface area contributed by atoms with E-state index in [1.807, 2.05) is 78.4 Å². The van der Waals surface area contributed by atoms with Crippen molar-refractivity contribution < 1.29 is 13.6 Å². The van der Waals surface area contributed by atoms with Crippen molar-refractivity contribution in [2.45, 2.75) is 70.1 Å². The molecule has 1 fully saturated rings. The molecule has 4 N–H and O–H groups in total. The normalized spacial score (nSPS) is 17.8. The van der Waals surface area contributed by atoms with Crippen LogP contribution in [0.1, 0.15) is 56.6 Å². The van der Waals surface area contributed by atoms with Gasteiger partial charge in [-0.25, -0.2) is 13.5 Å². The highest BCUT2D eigenvalue weighted by Gasteiger charge is 2.36. The van der Waals surface area contributed by atoms with Crippen molar-refractivity contribution >= 4 is 34.0 Å². The molecule has 1 aliphatic carbocycles. The van der Waals surface area contributed by atoms with Gasteiger partial charge in [-0.1, -0.05) is 50.3 Å². The summed E-state index contributed by atoms with van der Waals surface area (Å²) < 4.78 is 29.6. The van der Waals surface area contributed by atoms with Crippen molar-refractivity contribution in [2.75, 3.05) is 31.3 Å². The van der Waals surface area contributed by atoms with Crippen LogP contribution in [0.2, 0.25) is 0 Å². The van der Waals surface area contributed by atoms with Crippen LogP contribution in [0.15, 0.2) is 79.2 Å². The van der Waals surface area contributed by atoms with Gasteiger partial charge in [-0.3, -0.25) is 15.1 Å². The van der Waals surface area contributed by atoms with Crippen LogP contribution in [0.3, 0.4) is 0 Å². The molecule has 252 valence electrons. The number of hydrogen-bond acceptors (Lipinski definition) is 7. The Bertz CT molecular complexity index is 1820. The highest BCUT2D eigenvalue weighted by atomic mass is 19.3. The van der Waals surface area contributed by atoms with E-state index in [0.29, 0.717) is 31.6 Å². The number of pyridine rings is 1. The van der Waals surface area contributed by atoms with Crippen LogP contribution in [-0.4, -0.2) is 64.3 Å². The summed E-state index contributed by atoms with van der Waals surface area (Å²) in [5.74, 6) is -0.782. The minimum Gasteiger partial charge on any atom is -0.366 e. The van der Waals surface area contributed by atoms with E-state index in [1.165, 1.54) is 0 Å². The van der Waals surface area contributed by atoms with Gasteiger partial charge in [0, 0.05) is 66.4 Å². The number of halogens is 2. The molecule has 0 bridgehead atoms. The van der Waals surface area contributed by atoms with E-state index in [1.54, 1.807) is 12.3 Å². The standard InChI is InChI=1S/C37H44F2N8O/c1-24(2)31-23-42-47-33(21-32(45-36(31)47)43-27-13-16-37(38,39)17-14-27)41-22-26-8-5-6-9-29(26)35-30-12-11-28(20-25(30)15-18-40-35)44-34(48)10-7-19-46(3)4/h5-12,15,18,20-21,23-24,27,32,41,43,45H,13-14,16-17,19,22H2,1-4H3,(H,44,48)/b10-7+. The van der Waals surface area contributed by atoms with Crippen LogP contribution in [-0.2, 0) is 11.3 Å². The number of likely N-dealkylation sites (N-methyl/N-ethyl adjacent to an activating group) is 1. The molecule has 4 aromatic rings. The van der Waals surface area contributed by atoms with Crippen LogP contribution in [0.4, 0.5) is 20.3 Å². The monoisotopic (exact) mass is 654 g/mol. The zero-order valence-corrected chi connectivity index (χ0v) is 27.9. The smallest absolute Gasteiger partial charge is 0.248 e. The van der Waals surface area contributed by atoms with Gasteiger partial charge in [0.05, 0.1) is 11.9 Å². The molecular weight excluding hydrogens is 610 g/mol. The summed E-state index contributed by atoms with van der Waals surface area (Å²) in [5.41, 5.74) is 4.70. The molecule has 0 radical (unpaired) electrons. The lowest BCUT2D eigenvalue weighted by Crippen LogP contribution is -2.47. The molecular formula is C37H44F2N8O. The van der Waals surface area contributed by atoms with Gasteiger partial charge in [-0.15, -0.1) is 0 Å². The molecule has 1 amide bonds. The highest BCUT2D eigenvalue weighted by molar-refractivity contribution is 6.02. The Hall–Kier alpha value is -4.61. The van der Waals surface area contributed by atoms with Gasteiger partial charge in [0.25, 0.3) is 0 Å². The predicted octanol–water partition coefficient (Wildman–Crippen LogP) is 6.79. The third-order valence-corrected chi connectivity index (χ3v) is 8.90. The fourth-order valence-corrected chi connectivity index (χ4v) is 6.33. The van der Waals surface area contributed by atoms with Crippen molar-refractivity contribution in [3.05, 3.63) is 90.3 Å². The fourth-order valence-electron chi connectivity index (χ4n) is 6.33. The Kier molecular flexibility index (Phi) is 9.88. The maximum Gasteiger partial charge on any atom is 0.248 e. The number of carbonyl (C=O) groups is 1. The number of carbonyl (C=O) groups excluding carboxylic acids is 1. The third kappa shape index (κ3) is 7.74. The van der Waals surface area contributed by atoms with Crippen LogP contribution in [0.25, 0.3) is 27.9 Å². The van der Waals surface area contributed by atoms with Crippen LogP contribution < -0.4 is 21.3 Å². The molecule has 0 saturated heterocycles. The molecule has 48 heavy (non-hydrogen) atoms. The van der Waals surface area contributed by atoms with E-state index in [4.69, 9.17) is 10.1 Å². The van der Waals surface area contributed by atoms with Gasteiger partial charge in [-0.05, 0) is 68.1 Å². The number of nitrogens with zero attached hydrogens (tertiary/aromatic N) is 4. The molecule has 0 spiro atoms. The van der Waals surface area contributed by atoms with E-state index in [2.05, 4.69) is 47.2 Å². The Balaban J connectivity index is 1.23. The molecule has 2 aliphatic rings. The quantitative estimate of drug-likeness (QED) is 0.132. The first-order valence-electron chi connectivity index (χ1n) is 16.6. The van der Waals surface area contributed by atoms with Crippen LogP contribution in [0.5, 0.6) is 0 Å². The number of aromatic nitrogens is 3. The highest BCUT2D eigenvalue weighted by Crippen LogP contribution is 2.35. The van der Waals surface area contributed by atoms with E-state index in [9.17, 15) is 13.6 Å². The fraction of sp³-hybridized carbons (Fsp3) is 0.378. The number of fused-ring (bicyclic) bond motifs is 2. The predicted molar refractivity (Wildman–Crippen MR) is 189 cm³/mol.